The number of benzene rings is 1. The van der Waals surface area contributed by atoms with Crippen molar-refractivity contribution in [2.45, 2.75) is 25.6 Å². The molecular weight excluding hydrogens is 238 g/mol. The Morgan fingerprint density at radius 3 is 2.53 bits per heavy atom. The molecule has 94 valence electrons. The van der Waals surface area contributed by atoms with Crippen LogP contribution in [0, 0.1) is 5.82 Å². The van der Waals surface area contributed by atoms with E-state index in [1.54, 1.807) is 0 Å². The Balaban J connectivity index is 2.93. The van der Waals surface area contributed by atoms with Crippen LogP contribution in [0.3, 0.4) is 0 Å². The standard InChI is InChI=1S/C11H11F4NO/c1-7(17)16-10(6-11(13,14)15)8-3-2-4-9(12)5-8/h2-5,10H,6H2,1H3,(H,16,17). The fourth-order valence-corrected chi connectivity index (χ4v) is 1.45. The van der Waals surface area contributed by atoms with Crippen LogP contribution in [-0.4, -0.2) is 12.1 Å². The Hall–Kier alpha value is -1.59. The molecule has 0 saturated heterocycles. The van der Waals surface area contributed by atoms with Gasteiger partial charge in [0, 0.05) is 6.92 Å². The zero-order chi connectivity index (χ0) is 13.1. The summed E-state index contributed by atoms with van der Waals surface area (Å²) in [6.07, 6.45) is -5.66. The summed E-state index contributed by atoms with van der Waals surface area (Å²) in [7, 11) is 0. The fourth-order valence-electron chi connectivity index (χ4n) is 1.45. The van der Waals surface area contributed by atoms with E-state index in [1.165, 1.54) is 12.1 Å². The number of amides is 1. The topological polar surface area (TPSA) is 29.1 Å². The summed E-state index contributed by atoms with van der Waals surface area (Å²) in [5.41, 5.74) is 0.0949. The molecule has 1 aromatic rings. The van der Waals surface area contributed by atoms with Crippen LogP contribution < -0.4 is 5.32 Å². The first-order chi connectivity index (χ1) is 7.78. The smallest absolute Gasteiger partial charge is 0.349 e. The minimum absolute atomic E-state index is 0.0949. The molecule has 0 saturated carbocycles. The third-order valence-electron chi connectivity index (χ3n) is 2.06. The van der Waals surface area contributed by atoms with Crippen LogP contribution in [0.2, 0.25) is 0 Å². The van der Waals surface area contributed by atoms with Gasteiger partial charge in [0.15, 0.2) is 0 Å². The molecule has 0 aliphatic heterocycles. The lowest BCUT2D eigenvalue weighted by Crippen LogP contribution is -2.30. The van der Waals surface area contributed by atoms with E-state index < -0.39 is 30.4 Å². The van der Waals surface area contributed by atoms with E-state index in [0.717, 1.165) is 19.1 Å². The maximum Gasteiger partial charge on any atom is 0.391 e. The molecule has 0 aromatic heterocycles. The second-order valence-corrected chi connectivity index (χ2v) is 3.63. The van der Waals surface area contributed by atoms with Crippen LogP contribution >= 0.6 is 0 Å². The highest BCUT2D eigenvalue weighted by Gasteiger charge is 2.33. The largest absolute Gasteiger partial charge is 0.391 e. The van der Waals surface area contributed by atoms with Gasteiger partial charge in [-0.2, -0.15) is 13.2 Å². The van der Waals surface area contributed by atoms with Crippen molar-refractivity contribution >= 4 is 5.91 Å². The summed E-state index contributed by atoms with van der Waals surface area (Å²) < 4.78 is 49.8. The fraction of sp³-hybridized carbons (Fsp3) is 0.364. The van der Waals surface area contributed by atoms with Gasteiger partial charge in [-0.15, -0.1) is 0 Å². The van der Waals surface area contributed by atoms with Crippen molar-refractivity contribution in [2.24, 2.45) is 0 Å². The zero-order valence-corrected chi connectivity index (χ0v) is 9.01. The van der Waals surface area contributed by atoms with Gasteiger partial charge in [-0.25, -0.2) is 4.39 Å². The van der Waals surface area contributed by atoms with Crippen molar-refractivity contribution < 1.29 is 22.4 Å². The summed E-state index contributed by atoms with van der Waals surface area (Å²) in [6.45, 7) is 1.11. The number of hydrogen-bond donors (Lipinski definition) is 1. The Morgan fingerprint density at radius 2 is 2.06 bits per heavy atom. The summed E-state index contributed by atoms with van der Waals surface area (Å²) in [5.74, 6) is -1.23. The molecule has 1 unspecified atom stereocenters. The van der Waals surface area contributed by atoms with Crippen molar-refractivity contribution in [1.29, 1.82) is 0 Å². The van der Waals surface area contributed by atoms with Gasteiger partial charge in [-0.3, -0.25) is 4.79 Å². The molecule has 1 aromatic carbocycles. The molecule has 1 atom stereocenters. The molecule has 0 spiro atoms. The van der Waals surface area contributed by atoms with Crippen LogP contribution in [0.4, 0.5) is 17.6 Å². The average molecular weight is 249 g/mol. The quantitative estimate of drug-likeness (QED) is 0.820. The molecule has 17 heavy (non-hydrogen) atoms. The number of nitrogens with one attached hydrogen (secondary N) is 1. The molecule has 1 rings (SSSR count). The van der Waals surface area contributed by atoms with Crippen molar-refractivity contribution in [3.8, 4) is 0 Å². The highest BCUT2D eigenvalue weighted by atomic mass is 19.4. The van der Waals surface area contributed by atoms with E-state index in [1.807, 2.05) is 0 Å². The molecule has 0 aliphatic rings. The van der Waals surface area contributed by atoms with Gasteiger partial charge in [0.05, 0.1) is 12.5 Å². The monoisotopic (exact) mass is 249 g/mol. The van der Waals surface area contributed by atoms with Crippen LogP contribution in [0.5, 0.6) is 0 Å². The number of carbonyl (C=O) groups excluding carboxylic acids is 1. The first-order valence-electron chi connectivity index (χ1n) is 4.87. The summed E-state index contributed by atoms with van der Waals surface area (Å²) in [4.78, 5) is 10.8. The Kier molecular flexibility index (Phi) is 4.09. The van der Waals surface area contributed by atoms with Crippen LogP contribution in [-0.2, 0) is 4.79 Å². The number of halogens is 4. The summed E-state index contributed by atoms with van der Waals surface area (Å²) >= 11 is 0. The summed E-state index contributed by atoms with van der Waals surface area (Å²) in [6, 6.07) is 3.49. The van der Waals surface area contributed by atoms with E-state index in [4.69, 9.17) is 0 Å². The molecule has 0 aliphatic carbocycles. The Bertz CT molecular complexity index is 403. The van der Waals surface area contributed by atoms with Gasteiger partial charge in [0.2, 0.25) is 5.91 Å². The Labute approximate surface area is 95.6 Å². The van der Waals surface area contributed by atoms with Crippen molar-refractivity contribution in [3.63, 3.8) is 0 Å². The first kappa shape index (κ1) is 13.5. The van der Waals surface area contributed by atoms with Crippen LogP contribution in [0.25, 0.3) is 0 Å². The molecule has 0 fully saturated rings. The summed E-state index contributed by atoms with van der Waals surface area (Å²) in [5, 5.41) is 2.15. The van der Waals surface area contributed by atoms with Crippen molar-refractivity contribution in [3.05, 3.63) is 35.6 Å². The third kappa shape index (κ3) is 4.84. The lowest BCUT2D eigenvalue weighted by Gasteiger charge is -2.19. The molecule has 1 amide bonds. The van der Waals surface area contributed by atoms with E-state index >= 15 is 0 Å². The average Bonchev–Trinajstić information content (AvgIpc) is 2.13. The lowest BCUT2D eigenvalue weighted by atomic mass is 10.0. The number of rotatable bonds is 3. The molecule has 1 N–H and O–H groups in total. The van der Waals surface area contributed by atoms with Gasteiger partial charge in [0.25, 0.3) is 0 Å². The normalized spacial score (nSPS) is 13.2. The van der Waals surface area contributed by atoms with E-state index in [-0.39, 0.29) is 5.56 Å². The van der Waals surface area contributed by atoms with E-state index in [2.05, 4.69) is 5.32 Å². The molecule has 6 heteroatoms. The van der Waals surface area contributed by atoms with E-state index in [0.29, 0.717) is 0 Å². The molecule has 0 radical (unpaired) electrons. The van der Waals surface area contributed by atoms with Crippen molar-refractivity contribution in [1.82, 2.24) is 5.32 Å². The minimum Gasteiger partial charge on any atom is -0.349 e. The second-order valence-electron chi connectivity index (χ2n) is 3.63. The third-order valence-corrected chi connectivity index (χ3v) is 2.06. The van der Waals surface area contributed by atoms with Crippen LogP contribution in [0.15, 0.2) is 24.3 Å². The number of carbonyl (C=O) groups is 1. The van der Waals surface area contributed by atoms with Gasteiger partial charge in [-0.1, -0.05) is 12.1 Å². The second kappa shape index (κ2) is 5.16. The van der Waals surface area contributed by atoms with Gasteiger partial charge >= 0.3 is 6.18 Å². The highest BCUT2D eigenvalue weighted by molar-refractivity contribution is 5.73. The maximum atomic E-state index is 12.9. The molecule has 0 heterocycles. The Morgan fingerprint density at radius 1 is 1.41 bits per heavy atom. The predicted octanol–water partition coefficient (Wildman–Crippen LogP) is 2.96. The van der Waals surface area contributed by atoms with Gasteiger partial charge in [0.1, 0.15) is 5.82 Å². The minimum atomic E-state index is -4.43. The van der Waals surface area contributed by atoms with Crippen LogP contribution in [0.1, 0.15) is 24.9 Å². The van der Waals surface area contributed by atoms with Gasteiger partial charge in [-0.05, 0) is 17.7 Å². The molecule has 2 nitrogen and oxygen atoms in total. The highest BCUT2D eigenvalue weighted by Crippen LogP contribution is 2.29. The van der Waals surface area contributed by atoms with Crippen molar-refractivity contribution in [2.75, 3.05) is 0 Å². The van der Waals surface area contributed by atoms with E-state index in [9.17, 15) is 22.4 Å². The number of hydrogen-bond acceptors (Lipinski definition) is 1. The predicted molar refractivity (Wildman–Crippen MR) is 53.6 cm³/mol. The molecule has 0 bridgehead atoms. The zero-order valence-electron chi connectivity index (χ0n) is 9.01. The number of alkyl halides is 3. The lowest BCUT2D eigenvalue weighted by molar-refractivity contribution is -0.142. The first-order valence-corrected chi connectivity index (χ1v) is 4.87. The maximum absolute atomic E-state index is 12.9. The molecular formula is C11H11F4NO. The SMILES string of the molecule is CC(=O)NC(CC(F)(F)F)c1cccc(F)c1. The van der Waals surface area contributed by atoms with Gasteiger partial charge < -0.3 is 5.32 Å².